The molecular weight excluding hydrogens is 823 g/mol. The highest BCUT2D eigenvalue weighted by molar-refractivity contribution is 6.01. The lowest BCUT2D eigenvalue weighted by atomic mass is 9.73. The molecule has 6 amide bonds. The zero-order valence-electron chi connectivity index (χ0n) is 36.2. The topological polar surface area (TPSA) is 253 Å². The quantitative estimate of drug-likeness (QED) is 0.0327. The number of carbonyl (C=O) groups is 6. The molecule has 1 aliphatic carbocycles. The van der Waals surface area contributed by atoms with Gasteiger partial charge in [-0.1, -0.05) is 121 Å². The number of nitrogens with one attached hydrogen (secondary N) is 5. The molecule has 3 atom stereocenters. The molecule has 0 aliphatic heterocycles. The van der Waals surface area contributed by atoms with Crippen molar-refractivity contribution in [1.82, 2.24) is 26.6 Å². The third kappa shape index (κ3) is 13.5. The number of fused-ring (bicyclic) bond motifs is 1. The van der Waals surface area contributed by atoms with Crippen molar-refractivity contribution in [3.8, 4) is 0 Å². The highest BCUT2D eigenvalue weighted by atomic mass is 16.2. The van der Waals surface area contributed by atoms with Crippen molar-refractivity contribution in [2.75, 3.05) is 13.1 Å². The van der Waals surface area contributed by atoms with Crippen LogP contribution in [0.3, 0.4) is 0 Å². The zero-order chi connectivity index (χ0) is 46.2. The molecule has 0 heterocycles. The fourth-order valence-corrected chi connectivity index (χ4v) is 8.24. The largest absolute Gasteiger partial charge is 0.370 e. The van der Waals surface area contributed by atoms with E-state index >= 15 is 0 Å². The summed E-state index contributed by atoms with van der Waals surface area (Å²) >= 11 is 0. The summed E-state index contributed by atoms with van der Waals surface area (Å²) in [6.45, 7) is -0.317. The van der Waals surface area contributed by atoms with Crippen LogP contribution in [0.25, 0.3) is 10.8 Å². The Bertz CT molecular complexity index is 2460. The van der Waals surface area contributed by atoms with Crippen LogP contribution in [0.2, 0.25) is 0 Å². The monoisotopic (exact) mass is 879 g/mol. The fraction of sp³-hybridized carbons (Fsp3) is 0.300. The molecule has 1 saturated carbocycles. The first kappa shape index (κ1) is 46.9. The number of aliphatic imine (C=N–C) groups is 1. The molecule has 15 nitrogen and oxygen atoms in total. The summed E-state index contributed by atoms with van der Waals surface area (Å²) in [7, 11) is 0. The van der Waals surface area contributed by atoms with Crippen molar-refractivity contribution in [3.63, 3.8) is 0 Å². The van der Waals surface area contributed by atoms with Gasteiger partial charge < -0.3 is 43.8 Å². The summed E-state index contributed by atoms with van der Waals surface area (Å²) in [6, 6.07) is 37.5. The number of benzene rings is 5. The molecule has 0 spiro atoms. The minimum Gasteiger partial charge on any atom is -0.370 e. The minimum atomic E-state index is -1.36. The van der Waals surface area contributed by atoms with Crippen LogP contribution in [0.1, 0.15) is 71.5 Å². The fourth-order valence-electron chi connectivity index (χ4n) is 8.24. The van der Waals surface area contributed by atoms with E-state index in [4.69, 9.17) is 17.2 Å². The van der Waals surface area contributed by atoms with E-state index in [-0.39, 0.29) is 44.1 Å². The Hall–Kier alpha value is -7.55. The Morgan fingerprint density at radius 2 is 1.18 bits per heavy atom. The Labute approximate surface area is 378 Å². The molecule has 0 radical (unpaired) electrons. The number of carbonyl (C=O) groups excluding carboxylic acids is 6. The van der Waals surface area contributed by atoms with E-state index in [9.17, 15) is 28.8 Å². The molecule has 11 N–H and O–H groups in total. The van der Waals surface area contributed by atoms with Crippen molar-refractivity contribution in [2.24, 2.45) is 22.2 Å². The molecule has 0 saturated heterocycles. The van der Waals surface area contributed by atoms with Crippen LogP contribution in [0.4, 0.5) is 0 Å². The number of hydrogen-bond donors (Lipinski definition) is 8. The zero-order valence-corrected chi connectivity index (χ0v) is 36.2. The normalized spacial score (nSPS) is 17.0. The minimum absolute atomic E-state index is 0.0455. The smallest absolute Gasteiger partial charge is 0.252 e. The van der Waals surface area contributed by atoms with Crippen molar-refractivity contribution in [3.05, 3.63) is 156 Å². The van der Waals surface area contributed by atoms with E-state index in [0.29, 0.717) is 31.2 Å². The second-order valence-electron chi connectivity index (χ2n) is 16.4. The SMILES string of the molecule is NC(=O)CNC(=O)C(Cc1ccc2ccccc2c1)NC(=O)C(CCCN=C(N)N)NC(=O)C(Cc1ccccc1)NC(=O)C1(NC(=O)c2ccccc2)CCC(c2ccccc2)CC1. The molecule has 15 heteroatoms. The summed E-state index contributed by atoms with van der Waals surface area (Å²) < 4.78 is 0. The molecule has 6 rings (SSSR count). The van der Waals surface area contributed by atoms with E-state index in [0.717, 1.165) is 27.5 Å². The van der Waals surface area contributed by atoms with E-state index in [1.165, 1.54) is 0 Å². The maximum atomic E-state index is 14.8. The van der Waals surface area contributed by atoms with Crippen LogP contribution in [-0.4, -0.2) is 78.2 Å². The van der Waals surface area contributed by atoms with Gasteiger partial charge in [-0.25, -0.2) is 0 Å². The van der Waals surface area contributed by atoms with Crippen LogP contribution in [0.15, 0.2) is 138 Å². The molecule has 65 heavy (non-hydrogen) atoms. The Balaban J connectivity index is 1.27. The van der Waals surface area contributed by atoms with Gasteiger partial charge in [0, 0.05) is 24.9 Å². The first-order chi connectivity index (χ1) is 31.4. The number of guanidine groups is 1. The average Bonchev–Trinajstić information content (AvgIpc) is 3.32. The lowest BCUT2D eigenvalue weighted by Crippen LogP contribution is -2.64. The third-order valence-electron chi connectivity index (χ3n) is 11.7. The van der Waals surface area contributed by atoms with Crippen molar-refractivity contribution < 1.29 is 28.8 Å². The van der Waals surface area contributed by atoms with Crippen LogP contribution < -0.4 is 43.8 Å². The molecule has 0 bridgehead atoms. The van der Waals surface area contributed by atoms with Crippen LogP contribution in [0, 0.1) is 0 Å². The second-order valence-corrected chi connectivity index (χ2v) is 16.4. The predicted octanol–water partition coefficient (Wildman–Crippen LogP) is 3.26. The predicted molar refractivity (Wildman–Crippen MR) is 250 cm³/mol. The van der Waals surface area contributed by atoms with Crippen LogP contribution in [0.5, 0.6) is 0 Å². The Morgan fingerprint density at radius 1 is 0.615 bits per heavy atom. The van der Waals surface area contributed by atoms with Gasteiger partial charge in [-0.2, -0.15) is 0 Å². The number of hydrogen-bond acceptors (Lipinski definition) is 7. The van der Waals surface area contributed by atoms with Gasteiger partial charge >= 0.3 is 0 Å². The average molecular weight is 880 g/mol. The van der Waals surface area contributed by atoms with Crippen LogP contribution in [-0.2, 0) is 36.8 Å². The summed E-state index contributed by atoms with van der Waals surface area (Å²) in [4.78, 5) is 86.8. The summed E-state index contributed by atoms with van der Waals surface area (Å²) in [6.07, 6.45) is 2.23. The first-order valence-electron chi connectivity index (χ1n) is 21.9. The molecular formula is C50H57N9O6. The van der Waals surface area contributed by atoms with Gasteiger partial charge in [0.25, 0.3) is 5.91 Å². The number of rotatable bonds is 20. The molecule has 1 fully saturated rings. The van der Waals surface area contributed by atoms with Gasteiger partial charge in [0.15, 0.2) is 5.96 Å². The molecule has 3 unspecified atom stereocenters. The molecule has 5 aromatic carbocycles. The van der Waals surface area contributed by atoms with E-state index in [1.807, 2.05) is 91.0 Å². The number of amides is 6. The summed E-state index contributed by atoms with van der Waals surface area (Å²) in [5, 5.41) is 16.1. The van der Waals surface area contributed by atoms with Gasteiger partial charge in [0.2, 0.25) is 29.5 Å². The third-order valence-corrected chi connectivity index (χ3v) is 11.7. The van der Waals surface area contributed by atoms with Gasteiger partial charge in [-0.05, 0) is 84.0 Å². The van der Waals surface area contributed by atoms with Gasteiger partial charge in [-0.3, -0.25) is 33.8 Å². The van der Waals surface area contributed by atoms with E-state index in [1.54, 1.807) is 30.3 Å². The van der Waals surface area contributed by atoms with Crippen molar-refractivity contribution in [2.45, 2.75) is 80.9 Å². The second kappa shape index (κ2) is 22.7. The number of nitrogens with two attached hydrogens (primary N) is 3. The van der Waals surface area contributed by atoms with Gasteiger partial charge in [0.05, 0.1) is 6.54 Å². The summed E-state index contributed by atoms with van der Waals surface area (Å²) in [5.74, 6) is -3.72. The maximum absolute atomic E-state index is 14.8. The first-order valence-corrected chi connectivity index (χ1v) is 21.9. The molecule has 0 aromatic heterocycles. The Morgan fingerprint density at radius 3 is 1.85 bits per heavy atom. The standard InChI is InChI=1S/C50H57N9O6/c51-43(60)32-55-45(62)41(31-34-22-23-36-17-10-11-20-39(36)29-34)57-46(63)40(21-12-28-54-49(52)53)56-47(64)42(30-33-13-4-1-5-14-33)58-48(65)50(59-44(61)38-18-8-3-9-19-38)26-24-37(25-27-50)35-15-6-2-7-16-35/h1-11,13-20,22-23,29,37,40-42H,12,21,24-28,30-32H2,(H2,51,60)(H,55,62)(H,56,64)(H,57,63)(H,58,65)(H,59,61)(H4,52,53,54). The number of primary amides is 1. The lowest BCUT2D eigenvalue weighted by molar-refractivity contribution is -0.135. The maximum Gasteiger partial charge on any atom is 0.252 e. The highest BCUT2D eigenvalue weighted by Gasteiger charge is 2.45. The molecule has 5 aromatic rings. The Kier molecular flexibility index (Phi) is 16.4. The van der Waals surface area contributed by atoms with E-state index < -0.39 is 65.7 Å². The van der Waals surface area contributed by atoms with Crippen molar-refractivity contribution in [1.29, 1.82) is 0 Å². The summed E-state index contributed by atoms with van der Waals surface area (Å²) in [5.41, 5.74) is 18.1. The molecule has 1 aliphatic rings. The number of nitrogens with zero attached hydrogens (tertiary/aromatic N) is 1. The highest BCUT2D eigenvalue weighted by Crippen LogP contribution is 2.38. The van der Waals surface area contributed by atoms with Crippen LogP contribution >= 0.6 is 0 Å². The van der Waals surface area contributed by atoms with E-state index in [2.05, 4.69) is 43.7 Å². The lowest BCUT2D eigenvalue weighted by Gasteiger charge is -2.40. The van der Waals surface area contributed by atoms with Gasteiger partial charge in [0.1, 0.15) is 23.7 Å². The van der Waals surface area contributed by atoms with Crippen molar-refractivity contribution >= 4 is 52.2 Å². The molecule has 338 valence electrons. The van der Waals surface area contributed by atoms with Gasteiger partial charge in [-0.15, -0.1) is 0 Å².